The van der Waals surface area contributed by atoms with Gasteiger partial charge in [0.15, 0.2) is 5.66 Å². The van der Waals surface area contributed by atoms with Crippen LogP contribution in [0.5, 0.6) is 5.75 Å². The normalized spacial score (nSPS) is 14.2. The van der Waals surface area contributed by atoms with Crippen LogP contribution in [-0.4, -0.2) is 30.2 Å². The molecule has 1 N–H and O–H groups in total. The Hall–Kier alpha value is -2.94. The minimum absolute atomic E-state index is 0.137. The molecule has 1 aromatic heterocycles. The average Bonchev–Trinajstić information content (AvgIpc) is 3.39. The number of fused-ring (bicyclic) bond motifs is 1. The van der Waals surface area contributed by atoms with E-state index >= 15 is 0 Å². The van der Waals surface area contributed by atoms with Gasteiger partial charge in [0.05, 0.1) is 7.11 Å². The van der Waals surface area contributed by atoms with Gasteiger partial charge in [0, 0.05) is 54.5 Å². The van der Waals surface area contributed by atoms with E-state index in [1.165, 1.54) is 0 Å². The number of aromatic nitrogens is 1. The average molecular weight is 322 g/mol. The third kappa shape index (κ3) is 3.20. The van der Waals surface area contributed by atoms with E-state index in [1.807, 2.05) is 6.07 Å². The highest BCUT2D eigenvalue weighted by molar-refractivity contribution is 6.08. The Morgan fingerprint density at radius 2 is 2.12 bits per heavy atom. The molecule has 1 aliphatic heterocycles. The van der Waals surface area contributed by atoms with Crippen molar-refractivity contribution in [3.63, 3.8) is 0 Å². The molecule has 122 valence electrons. The van der Waals surface area contributed by atoms with E-state index in [4.69, 9.17) is 11.2 Å². The summed E-state index contributed by atoms with van der Waals surface area (Å²) < 4.78 is 5.32. The van der Waals surface area contributed by atoms with Crippen molar-refractivity contribution < 1.29 is 9.53 Å². The summed E-state index contributed by atoms with van der Waals surface area (Å²) in [5.74, 6) is 3.15. The molecule has 3 rings (SSSR count). The van der Waals surface area contributed by atoms with Crippen LogP contribution in [-0.2, 0) is 0 Å². The summed E-state index contributed by atoms with van der Waals surface area (Å²) >= 11 is 0. The van der Waals surface area contributed by atoms with E-state index in [1.54, 1.807) is 31.6 Å². The molecule has 0 radical (unpaired) electrons. The predicted molar refractivity (Wildman–Crippen MR) is 90.9 cm³/mol. The van der Waals surface area contributed by atoms with Crippen LogP contribution in [0, 0.1) is 12.3 Å². The van der Waals surface area contributed by atoms with Crippen molar-refractivity contribution in [1.29, 1.82) is 0 Å². The lowest BCUT2D eigenvalue weighted by molar-refractivity contribution is 0.0953. The van der Waals surface area contributed by atoms with E-state index in [-0.39, 0.29) is 11.6 Å². The van der Waals surface area contributed by atoms with E-state index in [0.29, 0.717) is 30.7 Å². The van der Waals surface area contributed by atoms with Crippen LogP contribution in [0.15, 0.2) is 40.8 Å². The molecule has 1 aliphatic rings. The van der Waals surface area contributed by atoms with Gasteiger partial charge in [-0.1, -0.05) is 0 Å². The molecule has 1 aromatic carbocycles. The van der Waals surface area contributed by atoms with Crippen LogP contribution in [0.1, 0.15) is 29.6 Å². The molecule has 0 aliphatic carbocycles. The molecule has 0 saturated carbocycles. The number of carbonyl (C=O) groups is 1. The van der Waals surface area contributed by atoms with Crippen molar-refractivity contribution in [2.75, 3.05) is 13.7 Å². The quantitative estimate of drug-likeness (QED) is 0.796. The zero-order chi connectivity index (χ0) is 17.0. The maximum Gasteiger partial charge on any atom is 0.251 e. The Labute approximate surface area is 140 Å². The number of rotatable bonds is 7. The monoisotopic (exact) mass is 322 g/mol. The van der Waals surface area contributed by atoms with E-state index < -0.39 is 0 Å². The number of amides is 1. The topological polar surface area (TPSA) is 75.9 Å². The fraction of sp³-hybridized carbons (Fsp3) is 0.333. The van der Waals surface area contributed by atoms with Gasteiger partial charge in [-0.3, -0.25) is 9.78 Å². The van der Waals surface area contributed by atoms with Crippen LogP contribution in [0.2, 0.25) is 0 Å². The van der Waals surface area contributed by atoms with E-state index in [2.05, 4.69) is 26.4 Å². The van der Waals surface area contributed by atoms with Crippen LogP contribution < -0.4 is 10.1 Å². The molecule has 0 fully saturated rings. The molecule has 2 aromatic rings. The van der Waals surface area contributed by atoms with Gasteiger partial charge in [0.2, 0.25) is 0 Å². The van der Waals surface area contributed by atoms with Gasteiger partial charge in [-0.15, -0.1) is 12.3 Å². The van der Waals surface area contributed by atoms with Gasteiger partial charge in [0.25, 0.3) is 5.91 Å². The van der Waals surface area contributed by atoms with Crippen LogP contribution in [0.3, 0.4) is 0 Å². The Balaban J connectivity index is 1.68. The Bertz CT molecular complexity index is 833. The third-order valence-electron chi connectivity index (χ3n) is 4.11. The molecule has 2 heterocycles. The minimum atomic E-state index is -0.383. The maximum absolute atomic E-state index is 12.5. The van der Waals surface area contributed by atoms with Crippen molar-refractivity contribution in [2.24, 2.45) is 10.2 Å². The first-order valence-electron chi connectivity index (χ1n) is 7.75. The summed E-state index contributed by atoms with van der Waals surface area (Å²) in [5.41, 5.74) is 0.210. The smallest absolute Gasteiger partial charge is 0.251 e. The first kappa shape index (κ1) is 15.9. The van der Waals surface area contributed by atoms with E-state index in [0.717, 1.165) is 17.2 Å². The summed E-state index contributed by atoms with van der Waals surface area (Å²) in [6.07, 6.45) is 10.7. The maximum atomic E-state index is 12.5. The zero-order valence-electron chi connectivity index (χ0n) is 13.5. The molecular formula is C18H18N4O2. The minimum Gasteiger partial charge on any atom is -0.496 e. The summed E-state index contributed by atoms with van der Waals surface area (Å²) in [4.78, 5) is 16.6. The van der Waals surface area contributed by atoms with Gasteiger partial charge in [-0.25, -0.2) is 0 Å². The zero-order valence-corrected chi connectivity index (χ0v) is 13.5. The van der Waals surface area contributed by atoms with Gasteiger partial charge < -0.3 is 10.1 Å². The van der Waals surface area contributed by atoms with E-state index in [9.17, 15) is 4.79 Å². The van der Waals surface area contributed by atoms with Crippen LogP contribution >= 0.6 is 0 Å². The number of hydrogen-bond donors (Lipinski definition) is 1. The number of methoxy groups -OCH3 is 1. The van der Waals surface area contributed by atoms with Crippen molar-refractivity contribution in [1.82, 2.24) is 10.3 Å². The largest absolute Gasteiger partial charge is 0.496 e. The second-order valence-corrected chi connectivity index (χ2v) is 5.63. The Morgan fingerprint density at radius 3 is 2.83 bits per heavy atom. The molecule has 24 heavy (non-hydrogen) atoms. The lowest BCUT2D eigenvalue weighted by Crippen LogP contribution is -2.28. The Morgan fingerprint density at radius 1 is 1.29 bits per heavy atom. The van der Waals surface area contributed by atoms with Gasteiger partial charge >= 0.3 is 0 Å². The van der Waals surface area contributed by atoms with Crippen LogP contribution in [0.25, 0.3) is 10.8 Å². The summed E-state index contributed by atoms with van der Waals surface area (Å²) in [7, 11) is 1.60. The number of terminal acetylenes is 1. The van der Waals surface area contributed by atoms with Crippen molar-refractivity contribution in [2.45, 2.75) is 24.9 Å². The molecule has 1 amide bonds. The fourth-order valence-electron chi connectivity index (χ4n) is 2.68. The SMILES string of the molecule is C#CCCC1(CCNC(=O)c2ccc(OC)c3cnccc23)N=N1. The number of nitrogens with one attached hydrogen (secondary N) is 1. The van der Waals surface area contributed by atoms with Gasteiger partial charge in [-0.2, -0.15) is 10.2 Å². The molecule has 6 heteroatoms. The highest BCUT2D eigenvalue weighted by atomic mass is 16.5. The number of carbonyl (C=O) groups excluding carboxylic acids is 1. The van der Waals surface area contributed by atoms with Crippen molar-refractivity contribution >= 4 is 16.7 Å². The molecule has 0 spiro atoms. The number of ether oxygens (including phenoxy) is 1. The van der Waals surface area contributed by atoms with Crippen molar-refractivity contribution in [3.05, 3.63) is 36.2 Å². The van der Waals surface area contributed by atoms with Gasteiger partial charge in [-0.05, 0) is 18.2 Å². The number of nitrogens with zero attached hydrogens (tertiary/aromatic N) is 3. The molecular weight excluding hydrogens is 304 g/mol. The molecule has 0 atom stereocenters. The van der Waals surface area contributed by atoms with Crippen molar-refractivity contribution in [3.8, 4) is 18.1 Å². The first-order chi connectivity index (χ1) is 11.7. The molecule has 6 nitrogen and oxygen atoms in total. The first-order valence-corrected chi connectivity index (χ1v) is 7.75. The number of benzene rings is 1. The number of hydrogen-bond acceptors (Lipinski definition) is 5. The molecule has 0 unspecified atom stereocenters. The number of pyridine rings is 1. The lowest BCUT2D eigenvalue weighted by Gasteiger charge is -2.12. The van der Waals surface area contributed by atoms with Crippen LogP contribution in [0.4, 0.5) is 0 Å². The highest BCUT2D eigenvalue weighted by Gasteiger charge is 2.38. The third-order valence-corrected chi connectivity index (χ3v) is 4.11. The second-order valence-electron chi connectivity index (χ2n) is 5.63. The second kappa shape index (κ2) is 6.67. The highest BCUT2D eigenvalue weighted by Crippen LogP contribution is 2.36. The summed E-state index contributed by atoms with van der Waals surface area (Å²) in [6.45, 7) is 0.495. The predicted octanol–water partition coefficient (Wildman–Crippen LogP) is 2.94. The summed E-state index contributed by atoms with van der Waals surface area (Å²) in [6, 6.07) is 5.35. The lowest BCUT2D eigenvalue weighted by atomic mass is 10.0. The standard InChI is InChI=1S/C18H18N4O2/c1-3-4-8-18(21-22-18)9-11-20-17(23)14-5-6-16(24-2)15-12-19-10-7-13(14)15/h1,5-7,10,12H,4,8-9,11H2,2H3,(H,20,23). The fourth-order valence-corrected chi connectivity index (χ4v) is 2.68. The Kier molecular flexibility index (Phi) is 4.43. The van der Waals surface area contributed by atoms with Gasteiger partial charge in [0.1, 0.15) is 5.75 Å². The molecule has 0 saturated heterocycles. The summed E-state index contributed by atoms with van der Waals surface area (Å²) in [5, 5.41) is 12.7. The molecule has 0 bridgehead atoms.